The van der Waals surface area contributed by atoms with Gasteiger partial charge < -0.3 is 9.15 Å². The van der Waals surface area contributed by atoms with Gasteiger partial charge in [-0.15, -0.1) is 11.3 Å². The number of carbonyl (C=O) groups is 1. The van der Waals surface area contributed by atoms with Gasteiger partial charge in [0.2, 0.25) is 5.89 Å². The number of esters is 1. The zero-order valence-corrected chi connectivity index (χ0v) is 15.3. The first-order chi connectivity index (χ1) is 12.2. The number of carbonyl (C=O) groups excluding carboxylic acids is 1. The molecule has 0 spiro atoms. The van der Waals surface area contributed by atoms with Crippen LogP contribution in [0.5, 0.6) is 0 Å². The van der Waals surface area contributed by atoms with Crippen LogP contribution >= 0.6 is 11.3 Å². The second kappa shape index (κ2) is 5.97. The van der Waals surface area contributed by atoms with Crippen molar-refractivity contribution in [2.75, 3.05) is 0 Å². The monoisotopic (exact) mass is 357 g/mol. The molecule has 2 aromatic heterocycles. The fourth-order valence-electron chi connectivity index (χ4n) is 5.61. The molecule has 2 aromatic rings. The second-order valence-corrected chi connectivity index (χ2v) is 9.01. The molecule has 132 valence electrons. The van der Waals surface area contributed by atoms with E-state index < -0.39 is 0 Å². The smallest absolute Gasteiger partial charge is 0.309 e. The van der Waals surface area contributed by atoms with Crippen LogP contribution in [0.2, 0.25) is 0 Å². The van der Waals surface area contributed by atoms with Crippen molar-refractivity contribution in [3.05, 3.63) is 29.0 Å². The molecule has 0 amide bonds. The van der Waals surface area contributed by atoms with Crippen LogP contribution in [-0.2, 0) is 16.1 Å². The van der Waals surface area contributed by atoms with Crippen molar-refractivity contribution in [1.29, 1.82) is 0 Å². The van der Waals surface area contributed by atoms with Crippen molar-refractivity contribution in [3.63, 3.8) is 0 Å². The van der Waals surface area contributed by atoms with E-state index in [4.69, 9.17) is 9.15 Å². The Hall–Kier alpha value is -1.62. The molecule has 0 aromatic carbocycles. The van der Waals surface area contributed by atoms with Gasteiger partial charge >= 0.3 is 5.97 Å². The van der Waals surface area contributed by atoms with Crippen LogP contribution in [-0.4, -0.2) is 11.0 Å². The van der Waals surface area contributed by atoms with Gasteiger partial charge in [0.1, 0.15) is 18.1 Å². The third-order valence-electron chi connectivity index (χ3n) is 6.47. The summed E-state index contributed by atoms with van der Waals surface area (Å²) in [6, 6.07) is 3.96. The topological polar surface area (TPSA) is 52.3 Å². The summed E-state index contributed by atoms with van der Waals surface area (Å²) in [5, 5.41) is 2.00. The lowest BCUT2D eigenvalue weighted by Crippen LogP contribution is -2.48. The van der Waals surface area contributed by atoms with Gasteiger partial charge in [0, 0.05) is 0 Å². The summed E-state index contributed by atoms with van der Waals surface area (Å²) >= 11 is 1.60. The lowest BCUT2D eigenvalue weighted by molar-refractivity contribution is -0.163. The first-order valence-corrected chi connectivity index (χ1v) is 10.2. The van der Waals surface area contributed by atoms with Crippen LogP contribution in [0.25, 0.3) is 10.8 Å². The highest BCUT2D eigenvalue weighted by molar-refractivity contribution is 7.13. The summed E-state index contributed by atoms with van der Waals surface area (Å²) in [6.07, 6.45) is 6.34. The molecule has 4 bridgehead atoms. The summed E-state index contributed by atoms with van der Waals surface area (Å²) in [7, 11) is 0. The van der Waals surface area contributed by atoms with Crippen molar-refractivity contribution in [3.8, 4) is 10.8 Å². The fraction of sp³-hybridized carbons (Fsp3) is 0.600. The number of nitrogens with zero attached hydrogens (tertiary/aromatic N) is 1. The summed E-state index contributed by atoms with van der Waals surface area (Å²) < 4.78 is 11.4. The van der Waals surface area contributed by atoms with Gasteiger partial charge in [-0.3, -0.25) is 4.79 Å². The zero-order valence-electron chi connectivity index (χ0n) is 14.4. The number of hydrogen-bond donors (Lipinski definition) is 0. The summed E-state index contributed by atoms with van der Waals surface area (Å²) in [4.78, 5) is 18.3. The fourth-order valence-corrected chi connectivity index (χ4v) is 6.26. The van der Waals surface area contributed by atoms with E-state index in [2.05, 4.69) is 4.98 Å². The van der Waals surface area contributed by atoms with Crippen LogP contribution in [0, 0.1) is 36.5 Å². The van der Waals surface area contributed by atoms with Gasteiger partial charge in [-0.05, 0) is 74.1 Å². The molecule has 6 rings (SSSR count). The lowest BCUT2D eigenvalue weighted by atomic mass is 9.52. The van der Waals surface area contributed by atoms with E-state index in [0.717, 1.165) is 28.2 Å². The molecule has 25 heavy (non-hydrogen) atoms. The first kappa shape index (κ1) is 15.6. The van der Waals surface area contributed by atoms with E-state index in [1.807, 2.05) is 24.4 Å². The first-order valence-electron chi connectivity index (χ1n) is 9.34. The van der Waals surface area contributed by atoms with Crippen molar-refractivity contribution in [2.24, 2.45) is 29.6 Å². The summed E-state index contributed by atoms with van der Waals surface area (Å²) in [5.41, 5.74) is 0.737. The SMILES string of the molecule is Cc1oc(-c2cccs2)nc1COC(=O)C1C2CC3CC(C2)CC1C3. The molecule has 4 nitrogen and oxygen atoms in total. The van der Waals surface area contributed by atoms with Gasteiger partial charge in [0.25, 0.3) is 0 Å². The van der Waals surface area contributed by atoms with E-state index in [1.165, 1.54) is 32.1 Å². The van der Waals surface area contributed by atoms with Crippen molar-refractivity contribution in [1.82, 2.24) is 4.98 Å². The van der Waals surface area contributed by atoms with Gasteiger partial charge in [-0.25, -0.2) is 4.98 Å². The van der Waals surface area contributed by atoms with Gasteiger partial charge in [-0.2, -0.15) is 0 Å². The van der Waals surface area contributed by atoms with Crippen molar-refractivity contribution < 1.29 is 13.9 Å². The Bertz CT molecular complexity index is 751. The molecule has 0 N–H and O–H groups in total. The van der Waals surface area contributed by atoms with Gasteiger partial charge in [-0.1, -0.05) is 6.07 Å². The van der Waals surface area contributed by atoms with E-state index in [0.29, 0.717) is 17.7 Å². The Morgan fingerprint density at radius 2 is 1.96 bits per heavy atom. The number of ether oxygens (including phenoxy) is 1. The molecule has 5 heteroatoms. The highest BCUT2D eigenvalue weighted by atomic mass is 32.1. The number of aryl methyl sites for hydroxylation is 1. The molecule has 0 radical (unpaired) electrons. The predicted octanol–water partition coefficient (Wildman–Crippen LogP) is 4.83. The number of rotatable bonds is 4. The molecule has 0 atom stereocenters. The second-order valence-electron chi connectivity index (χ2n) is 8.06. The van der Waals surface area contributed by atoms with Crippen molar-refractivity contribution >= 4 is 17.3 Å². The largest absolute Gasteiger partial charge is 0.459 e. The molecular formula is C20H23NO3S. The van der Waals surface area contributed by atoms with E-state index in [-0.39, 0.29) is 18.5 Å². The van der Waals surface area contributed by atoms with Gasteiger partial charge in [0.05, 0.1) is 10.8 Å². The maximum absolute atomic E-state index is 12.8. The molecule has 4 saturated carbocycles. The van der Waals surface area contributed by atoms with E-state index in [9.17, 15) is 4.79 Å². The van der Waals surface area contributed by atoms with Crippen LogP contribution in [0.15, 0.2) is 21.9 Å². The lowest BCUT2D eigenvalue weighted by Gasteiger charge is -2.53. The molecule has 0 unspecified atom stereocenters. The maximum Gasteiger partial charge on any atom is 0.309 e. The van der Waals surface area contributed by atoms with E-state index in [1.54, 1.807) is 11.3 Å². The Kier molecular flexibility index (Phi) is 3.73. The van der Waals surface area contributed by atoms with Crippen LogP contribution < -0.4 is 0 Å². The number of aromatic nitrogens is 1. The van der Waals surface area contributed by atoms with Crippen molar-refractivity contribution in [2.45, 2.75) is 45.6 Å². The minimum atomic E-state index is -0.00567. The average Bonchev–Trinajstić information content (AvgIpc) is 3.21. The highest BCUT2D eigenvalue weighted by Gasteiger charge is 2.51. The normalized spacial score (nSPS) is 32.9. The Balaban J connectivity index is 1.27. The molecular weight excluding hydrogens is 334 g/mol. The molecule has 4 aliphatic rings. The molecule has 4 fully saturated rings. The minimum absolute atomic E-state index is 0.00567. The van der Waals surface area contributed by atoms with E-state index >= 15 is 0 Å². The summed E-state index contributed by atoms with van der Waals surface area (Å²) in [6.45, 7) is 2.11. The Morgan fingerprint density at radius 1 is 1.24 bits per heavy atom. The Labute approximate surface area is 151 Å². The number of thiophene rings is 1. The summed E-state index contributed by atoms with van der Waals surface area (Å²) in [5.74, 6) is 4.34. The van der Waals surface area contributed by atoms with Crippen LogP contribution in [0.1, 0.15) is 43.6 Å². The molecule has 0 aliphatic heterocycles. The third-order valence-corrected chi connectivity index (χ3v) is 7.33. The van der Waals surface area contributed by atoms with Crippen LogP contribution in [0.4, 0.5) is 0 Å². The molecule has 0 saturated heterocycles. The highest BCUT2D eigenvalue weighted by Crippen LogP contribution is 2.56. The third kappa shape index (κ3) is 2.73. The predicted molar refractivity (Wildman–Crippen MR) is 94.9 cm³/mol. The van der Waals surface area contributed by atoms with Crippen LogP contribution in [0.3, 0.4) is 0 Å². The molecule has 2 heterocycles. The minimum Gasteiger partial charge on any atom is -0.459 e. The number of hydrogen-bond acceptors (Lipinski definition) is 5. The maximum atomic E-state index is 12.8. The Morgan fingerprint density at radius 3 is 2.60 bits per heavy atom. The number of oxazole rings is 1. The molecule has 4 aliphatic carbocycles. The van der Waals surface area contributed by atoms with Gasteiger partial charge in [0.15, 0.2) is 0 Å². The zero-order chi connectivity index (χ0) is 17.0. The quantitative estimate of drug-likeness (QED) is 0.736. The standard InChI is InChI=1S/C20H23NO3S/c1-11-16(21-19(24-11)17-3-2-4-25-17)10-23-20(22)18-14-6-12-5-13(8-14)9-15(18)7-12/h2-4,12-15,18H,5-10H2,1H3. The average molecular weight is 357 g/mol.